The van der Waals surface area contributed by atoms with Crippen LogP contribution in [-0.2, 0) is 4.79 Å². The van der Waals surface area contributed by atoms with Gasteiger partial charge in [0.05, 0.1) is 6.54 Å². The molecule has 0 radical (unpaired) electrons. The van der Waals surface area contributed by atoms with Crippen LogP contribution in [0.1, 0.15) is 26.2 Å². The summed E-state index contributed by atoms with van der Waals surface area (Å²) in [7, 11) is 0. The first-order valence-electron chi connectivity index (χ1n) is 6.11. The lowest BCUT2D eigenvalue weighted by molar-refractivity contribution is -0.137. The van der Waals surface area contributed by atoms with Crippen molar-refractivity contribution in [2.24, 2.45) is 0 Å². The topological polar surface area (TPSA) is 41.1 Å². The smallest absolute Gasteiger partial charge is 0.346 e. The van der Waals surface area contributed by atoms with Gasteiger partial charge in [-0.15, -0.1) is 0 Å². The number of rotatable bonds is 6. The lowest BCUT2D eigenvalue weighted by Crippen LogP contribution is -2.43. The first-order valence-corrected chi connectivity index (χ1v) is 7.15. The Balaban J connectivity index is 2.21. The van der Waals surface area contributed by atoms with E-state index < -0.39 is 18.6 Å². The number of carbonyl (C=O) groups is 1. The molecule has 0 unspecified atom stereocenters. The summed E-state index contributed by atoms with van der Waals surface area (Å²) in [6, 6.07) is 0.242. The number of alkyl halides is 3. The molecule has 1 aliphatic carbocycles. The summed E-state index contributed by atoms with van der Waals surface area (Å²) in [5.74, 6) is 0.419. The summed E-state index contributed by atoms with van der Waals surface area (Å²) in [6.45, 7) is 0.781. The van der Waals surface area contributed by atoms with Crippen LogP contribution in [0.3, 0.4) is 0 Å². The molecular formula is C11H19F3N2OS. The number of hydrogen-bond acceptors (Lipinski definition) is 3. The Bertz CT molecular complexity index is 274. The lowest BCUT2D eigenvalue weighted by atomic mass is 10.2. The van der Waals surface area contributed by atoms with Gasteiger partial charge in [-0.3, -0.25) is 4.79 Å². The Morgan fingerprint density at radius 2 is 2.11 bits per heavy atom. The molecule has 0 saturated heterocycles. The summed E-state index contributed by atoms with van der Waals surface area (Å²) in [5, 5.41) is 5.39. The third-order valence-corrected chi connectivity index (χ3v) is 4.17. The Morgan fingerprint density at radius 3 is 2.72 bits per heavy atom. The molecule has 18 heavy (non-hydrogen) atoms. The highest BCUT2D eigenvalue weighted by Crippen LogP contribution is 2.29. The van der Waals surface area contributed by atoms with Crippen LogP contribution < -0.4 is 10.6 Å². The summed E-state index contributed by atoms with van der Waals surface area (Å²) >= 11 is 1.84. The maximum atomic E-state index is 11.9. The van der Waals surface area contributed by atoms with Gasteiger partial charge in [-0.25, -0.2) is 0 Å². The first kappa shape index (κ1) is 15.6. The van der Waals surface area contributed by atoms with Crippen molar-refractivity contribution in [3.05, 3.63) is 0 Å². The van der Waals surface area contributed by atoms with Crippen LogP contribution in [0.2, 0.25) is 0 Å². The van der Waals surface area contributed by atoms with Gasteiger partial charge in [-0.05, 0) is 18.6 Å². The molecule has 0 bridgehead atoms. The minimum atomic E-state index is -4.34. The highest BCUT2D eigenvalue weighted by Gasteiger charge is 2.29. The van der Waals surface area contributed by atoms with Gasteiger partial charge in [0.2, 0.25) is 5.91 Å². The fourth-order valence-corrected chi connectivity index (χ4v) is 3.28. The predicted molar refractivity (Wildman–Crippen MR) is 66.6 cm³/mol. The molecule has 3 nitrogen and oxygen atoms in total. The van der Waals surface area contributed by atoms with E-state index in [4.69, 9.17) is 0 Å². The summed E-state index contributed by atoms with van der Waals surface area (Å²) in [6.07, 6.45) is -1.13. The molecule has 1 rings (SSSR count). The van der Waals surface area contributed by atoms with E-state index in [1.165, 1.54) is 0 Å². The van der Waals surface area contributed by atoms with Gasteiger partial charge in [-0.1, -0.05) is 13.3 Å². The zero-order chi connectivity index (χ0) is 13.6. The van der Waals surface area contributed by atoms with E-state index in [1.807, 2.05) is 17.1 Å². The zero-order valence-electron chi connectivity index (χ0n) is 10.3. The van der Waals surface area contributed by atoms with Crippen molar-refractivity contribution in [3.8, 4) is 0 Å². The van der Waals surface area contributed by atoms with E-state index in [0.29, 0.717) is 5.25 Å². The number of hydrogen-bond donors (Lipinski definition) is 2. The Hall–Kier alpha value is -0.430. The van der Waals surface area contributed by atoms with E-state index in [0.717, 1.165) is 25.0 Å². The summed E-state index contributed by atoms with van der Waals surface area (Å²) < 4.78 is 35.6. The third-order valence-electron chi connectivity index (χ3n) is 2.84. The van der Waals surface area contributed by atoms with Gasteiger partial charge in [0.25, 0.3) is 0 Å². The minimum absolute atomic E-state index is 0.0402. The number of nitrogens with one attached hydrogen (secondary N) is 2. The number of halogens is 3. The van der Waals surface area contributed by atoms with Crippen LogP contribution in [0.4, 0.5) is 13.2 Å². The standard InChI is InChI=1S/C11H19F3N2OS/c1-2-18-9-5-3-4-8(9)15-6-10(17)16-7-11(12,13)14/h8-9,15H,2-7H2,1H3,(H,16,17)/t8-,9+/m0/s1. The van der Waals surface area contributed by atoms with Crippen LogP contribution in [0.15, 0.2) is 0 Å². The Kier molecular flexibility index (Phi) is 6.28. The normalized spacial score (nSPS) is 24.2. The minimum Gasteiger partial charge on any atom is -0.346 e. The van der Waals surface area contributed by atoms with Crippen LogP contribution in [0, 0.1) is 0 Å². The second-order valence-electron chi connectivity index (χ2n) is 4.30. The van der Waals surface area contributed by atoms with Gasteiger partial charge >= 0.3 is 6.18 Å². The van der Waals surface area contributed by atoms with E-state index >= 15 is 0 Å². The van der Waals surface area contributed by atoms with Crippen molar-refractivity contribution in [1.82, 2.24) is 10.6 Å². The maximum absolute atomic E-state index is 11.9. The number of thioether (sulfide) groups is 1. The molecule has 106 valence electrons. The summed E-state index contributed by atoms with van der Waals surface area (Å²) in [4.78, 5) is 11.2. The molecule has 1 amide bonds. The fourth-order valence-electron chi connectivity index (χ4n) is 2.06. The van der Waals surface area contributed by atoms with E-state index in [1.54, 1.807) is 0 Å². The lowest BCUT2D eigenvalue weighted by Gasteiger charge is -2.20. The van der Waals surface area contributed by atoms with Crippen molar-refractivity contribution in [3.63, 3.8) is 0 Å². The second kappa shape index (κ2) is 7.23. The SMILES string of the molecule is CCS[C@@H]1CCC[C@@H]1NCC(=O)NCC(F)(F)F. The van der Waals surface area contributed by atoms with Crippen LogP contribution >= 0.6 is 11.8 Å². The molecule has 0 spiro atoms. The van der Waals surface area contributed by atoms with Crippen molar-refractivity contribution in [2.75, 3.05) is 18.8 Å². The average molecular weight is 284 g/mol. The maximum Gasteiger partial charge on any atom is 0.405 e. The quantitative estimate of drug-likeness (QED) is 0.783. The zero-order valence-corrected chi connectivity index (χ0v) is 11.2. The van der Waals surface area contributed by atoms with Gasteiger partial charge in [0.15, 0.2) is 0 Å². The van der Waals surface area contributed by atoms with Crippen LogP contribution in [-0.4, -0.2) is 42.2 Å². The third kappa shape index (κ3) is 5.95. The highest BCUT2D eigenvalue weighted by atomic mass is 32.2. The average Bonchev–Trinajstić information content (AvgIpc) is 2.71. The molecule has 0 heterocycles. The van der Waals surface area contributed by atoms with E-state index in [9.17, 15) is 18.0 Å². The molecule has 2 atom stereocenters. The molecule has 1 saturated carbocycles. The fraction of sp³-hybridized carbons (Fsp3) is 0.909. The second-order valence-corrected chi connectivity index (χ2v) is 5.82. The van der Waals surface area contributed by atoms with Gasteiger partial charge in [0, 0.05) is 11.3 Å². The highest BCUT2D eigenvalue weighted by molar-refractivity contribution is 7.99. The van der Waals surface area contributed by atoms with E-state index in [2.05, 4.69) is 12.2 Å². The van der Waals surface area contributed by atoms with Gasteiger partial charge in [0.1, 0.15) is 6.54 Å². The van der Waals surface area contributed by atoms with Gasteiger partial charge < -0.3 is 10.6 Å². The molecule has 0 aromatic heterocycles. The molecule has 7 heteroatoms. The van der Waals surface area contributed by atoms with Crippen molar-refractivity contribution in [2.45, 2.75) is 43.7 Å². The number of carbonyl (C=O) groups excluding carboxylic acids is 1. The molecule has 1 aliphatic rings. The Labute approximate surface area is 109 Å². The van der Waals surface area contributed by atoms with Crippen molar-refractivity contribution < 1.29 is 18.0 Å². The van der Waals surface area contributed by atoms with Crippen molar-refractivity contribution in [1.29, 1.82) is 0 Å². The molecule has 0 aromatic rings. The Morgan fingerprint density at radius 1 is 1.39 bits per heavy atom. The van der Waals surface area contributed by atoms with Crippen LogP contribution in [0.25, 0.3) is 0 Å². The molecule has 1 fully saturated rings. The van der Waals surface area contributed by atoms with Crippen molar-refractivity contribution >= 4 is 17.7 Å². The number of amides is 1. The molecule has 0 aliphatic heterocycles. The first-order chi connectivity index (χ1) is 8.42. The van der Waals surface area contributed by atoms with Crippen LogP contribution in [0.5, 0.6) is 0 Å². The van der Waals surface area contributed by atoms with Gasteiger partial charge in [-0.2, -0.15) is 24.9 Å². The predicted octanol–water partition coefficient (Wildman–Crippen LogP) is 1.93. The molecule has 0 aromatic carbocycles. The molecule has 2 N–H and O–H groups in total. The monoisotopic (exact) mass is 284 g/mol. The van der Waals surface area contributed by atoms with E-state index in [-0.39, 0.29) is 12.6 Å². The largest absolute Gasteiger partial charge is 0.405 e. The molecular weight excluding hydrogens is 265 g/mol. The summed E-state index contributed by atoms with van der Waals surface area (Å²) in [5.41, 5.74) is 0.